The van der Waals surface area contributed by atoms with E-state index in [1.54, 1.807) is 6.33 Å². The van der Waals surface area contributed by atoms with Gasteiger partial charge in [-0.2, -0.15) is 5.10 Å². The van der Waals surface area contributed by atoms with Gasteiger partial charge in [-0.3, -0.25) is 16.0 Å². The van der Waals surface area contributed by atoms with Gasteiger partial charge >= 0.3 is 0 Å². The first-order valence-electron chi connectivity index (χ1n) is 5.65. The van der Waals surface area contributed by atoms with E-state index in [2.05, 4.69) is 41.4 Å². The lowest BCUT2D eigenvalue weighted by Gasteiger charge is -2.18. The Hall–Kier alpha value is -0.980. The van der Waals surface area contributed by atoms with E-state index in [1.807, 2.05) is 4.68 Å². The van der Waals surface area contributed by atoms with Crippen molar-refractivity contribution < 1.29 is 0 Å². The maximum Gasteiger partial charge on any atom is 0.138 e. The largest absolute Gasteiger partial charge is 0.309 e. The molecule has 0 saturated heterocycles. The van der Waals surface area contributed by atoms with Gasteiger partial charge in [-0.05, 0) is 34.0 Å². The van der Waals surface area contributed by atoms with Gasteiger partial charge in [0.2, 0.25) is 0 Å². The molecule has 6 nitrogen and oxygen atoms in total. The summed E-state index contributed by atoms with van der Waals surface area (Å²) in [6.45, 7) is 3.91. The molecule has 1 atom stereocenters. The van der Waals surface area contributed by atoms with E-state index in [4.69, 9.17) is 5.84 Å². The minimum atomic E-state index is 0.247. The van der Waals surface area contributed by atoms with E-state index in [0.717, 1.165) is 31.8 Å². The number of nitrogens with two attached hydrogens (primary N) is 1. The van der Waals surface area contributed by atoms with Crippen LogP contribution in [0.2, 0.25) is 0 Å². The van der Waals surface area contributed by atoms with Gasteiger partial charge in [-0.1, -0.05) is 0 Å². The molecule has 0 amide bonds. The summed E-state index contributed by atoms with van der Waals surface area (Å²) in [5.41, 5.74) is 2.84. The topological polar surface area (TPSA) is 72.0 Å². The number of nitrogens with zero attached hydrogens (tertiary/aromatic N) is 4. The van der Waals surface area contributed by atoms with Crippen LogP contribution in [0, 0.1) is 0 Å². The Morgan fingerprint density at radius 3 is 2.88 bits per heavy atom. The van der Waals surface area contributed by atoms with Crippen LogP contribution >= 0.6 is 0 Å². The predicted molar refractivity (Wildman–Crippen MR) is 63.7 cm³/mol. The fraction of sp³-hybridized carbons (Fsp3) is 0.800. The zero-order valence-corrected chi connectivity index (χ0v) is 10.3. The Morgan fingerprint density at radius 1 is 1.56 bits per heavy atom. The summed E-state index contributed by atoms with van der Waals surface area (Å²) in [5, 5.41) is 4.14. The summed E-state index contributed by atoms with van der Waals surface area (Å²) in [7, 11) is 4.12. The highest BCUT2D eigenvalue weighted by molar-refractivity contribution is 4.89. The lowest BCUT2D eigenvalue weighted by atomic mass is 10.1. The summed E-state index contributed by atoms with van der Waals surface area (Å²) in [6, 6.07) is 0.247. The summed E-state index contributed by atoms with van der Waals surface area (Å²) >= 11 is 0. The molecule has 0 bridgehead atoms. The fourth-order valence-electron chi connectivity index (χ4n) is 1.59. The van der Waals surface area contributed by atoms with Crippen molar-refractivity contribution in [3.05, 3.63) is 12.2 Å². The van der Waals surface area contributed by atoms with E-state index in [1.165, 1.54) is 0 Å². The van der Waals surface area contributed by atoms with Crippen LogP contribution < -0.4 is 11.3 Å². The molecular formula is C10H22N6. The first kappa shape index (κ1) is 13.1. The van der Waals surface area contributed by atoms with Crippen LogP contribution in [0.5, 0.6) is 0 Å². The number of aromatic nitrogens is 3. The lowest BCUT2D eigenvalue weighted by Crippen LogP contribution is -2.39. The maximum atomic E-state index is 5.54. The van der Waals surface area contributed by atoms with Crippen LogP contribution in [-0.2, 0) is 13.0 Å². The van der Waals surface area contributed by atoms with E-state index >= 15 is 0 Å². The van der Waals surface area contributed by atoms with Gasteiger partial charge in [0.05, 0.1) is 0 Å². The molecule has 1 heterocycles. The monoisotopic (exact) mass is 226 g/mol. The number of hydrogen-bond acceptors (Lipinski definition) is 5. The van der Waals surface area contributed by atoms with Gasteiger partial charge in [-0.15, -0.1) is 0 Å². The molecule has 16 heavy (non-hydrogen) atoms. The van der Waals surface area contributed by atoms with Crippen LogP contribution in [-0.4, -0.2) is 46.3 Å². The van der Waals surface area contributed by atoms with Gasteiger partial charge in [0, 0.05) is 19.0 Å². The highest BCUT2D eigenvalue weighted by Gasteiger charge is 2.12. The molecule has 0 radical (unpaired) electrons. The van der Waals surface area contributed by atoms with Gasteiger partial charge in [-0.25, -0.2) is 4.98 Å². The number of nitrogens with one attached hydrogen (secondary N) is 1. The smallest absolute Gasteiger partial charge is 0.138 e. The molecule has 0 fully saturated rings. The first-order valence-corrected chi connectivity index (χ1v) is 5.65. The molecule has 1 aromatic rings. The maximum absolute atomic E-state index is 5.54. The highest BCUT2D eigenvalue weighted by Crippen LogP contribution is 2.02. The second-order valence-electron chi connectivity index (χ2n) is 4.15. The van der Waals surface area contributed by atoms with Gasteiger partial charge in [0.15, 0.2) is 0 Å². The van der Waals surface area contributed by atoms with Crippen LogP contribution in [0.3, 0.4) is 0 Å². The third-order valence-corrected chi connectivity index (χ3v) is 2.58. The average Bonchev–Trinajstić information content (AvgIpc) is 2.70. The van der Waals surface area contributed by atoms with Gasteiger partial charge < -0.3 is 4.90 Å². The normalized spacial score (nSPS) is 13.3. The van der Waals surface area contributed by atoms with Gasteiger partial charge in [0.1, 0.15) is 12.2 Å². The van der Waals surface area contributed by atoms with E-state index in [-0.39, 0.29) is 6.04 Å². The Kier molecular flexibility index (Phi) is 5.37. The first-order chi connectivity index (χ1) is 7.67. The minimum absolute atomic E-state index is 0.247. The molecule has 0 aliphatic heterocycles. The quantitative estimate of drug-likeness (QED) is 0.490. The van der Waals surface area contributed by atoms with Crippen LogP contribution in [0.4, 0.5) is 0 Å². The number of hydrazine groups is 1. The lowest BCUT2D eigenvalue weighted by molar-refractivity contribution is 0.354. The molecule has 6 heteroatoms. The molecule has 3 N–H and O–H groups in total. The van der Waals surface area contributed by atoms with Crippen LogP contribution in [0.25, 0.3) is 0 Å². The second-order valence-corrected chi connectivity index (χ2v) is 4.15. The zero-order valence-electron chi connectivity index (χ0n) is 10.3. The van der Waals surface area contributed by atoms with Crippen molar-refractivity contribution in [1.82, 2.24) is 25.1 Å². The molecule has 1 rings (SSSR count). The molecule has 1 aromatic heterocycles. The Bertz CT molecular complexity index is 295. The average molecular weight is 226 g/mol. The minimum Gasteiger partial charge on any atom is -0.309 e. The van der Waals surface area contributed by atoms with Crippen molar-refractivity contribution in [3.63, 3.8) is 0 Å². The predicted octanol–water partition coefficient (Wildman–Crippen LogP) is -0.376. The molecule has 1 unspecified atom stereocenters. The molecule has 0 saturated carbocycles. The van der Waals surface area contributed by atoms with Gasteiger partial charge in [0.25, 0.3) is 0 Å². The van der Waals surface area contributed by atoms with E-state index < -0.39 is 0 Å². The summed E-state index contributed by atoms with van der Waals surface area (Å²) in [5.74, 6) is 6.53. The molecular weight excluding hydrogens is 204 g/mol. The molecule has 0 aliphatic carbocycles. The summed E-state index contributed by atoms with van der Waals surface area (Å²) in [4.78, 5) is 6.39. The number of rotatable bonds is 7. The van der Waals surface area contributed by atoms with Crippen molar-refractivity contribution in [2.45, 2.75) is 32.4 Å². The van der Waals surface area contributed by atoms with Crippen molar-refractivity contribution in [3.8, 4) is 0 Å². The molecule has 0 aromatic carbocycles. The molecule has 0 aliphatic rings. The fourth-order valence-corrected chi connectivity index (χ4v) is 1.59. The Labute approximate surface area is 96.8 Å². The van der Waals surface area contributed by atoms with Crippen molar-refractivity contribution in [1.29, 1.82) is 0 Å². The summed E-state index contributed by atoms with van der Waals surface area (Å²) in [6.07, 6.45) is 3.41. The third-order valence-electron chi connectivity index (χ3n) is 2.58. The molecule has 92 valence electrons. The summed E-state index contributed by atoms with van der Waals surface area (Å²) < 4.78 is 1.90. The van der Waals surface area contributed by atoms with Crippen molar-refractivity contribution in [2.75, 3.05) is 20.6 Å². The molecule has 0 spiro atoms. The van der Waals surface area contributed by atoms with Crippen molar-refractivity contribution >= 4 is 0 Å². The Balaban J connectivity index is 2.49. The van der Waals surface area contributed by atoms with Crippen LogP contribution in [0.15, 0.2) is 6.33 Å². The van der Waals surface area contributed by atoms with Crippen molar-refractivity contribution in [2.24, 2.45) is 5.84 Å². The third kappa shape index (κ3) is 3.88. The number of aryl methyl sites for hydroxylation is 1. The SMILES string of the molecule is CCn1ncnc1CC(CCN(C)C)NN. The zero-order chi connectivity index (χ0) is 12.0. The van der Waals surface area contributed by atoms with Crippen LogP contribution in [0.1, 0.15) is 19.2 Å². The second kappa shape index (κ2) is 6.57. The van der Waals surface area contributed by atoms with E-state index in [0.29, 0.717) is 0 Å². The van der Waals surface area contributed by atoms with E-state index in [9.17, 15) is 0 Å². The Morgan fingerprint density at radius 2 is 2.31 bits per heavy atom. The standard InChI is InChI=1S/C10H22N6/c1-4-16-10(12-8-13-16)7-9(14-11)5-6-15(2)3/h8-9,14H,4-7,11H2,1-3H3. The number of hydrogen-bond donors (Lipinski definition) is 2. The highest BCUT2D eigenvalue weighted by atomic mass is 15.3.